The number of amidine groups is 1. The zero-order valence-corrected chi connectivity index (χ0v) is 17.6. The van der Waals surface area contributed by atoms with Crippen molar-refractivity contribution >= 4 is 17.8 Å². The molecule has 0 amide bonds. The van der Waals surface area contributed by atoms with Crippen LogP contribution in [0.2, 0.25) is 0 Å². The lowest BCUT2D eigenvalue weighted by Gasteiger charge is -2.06. The topological polar surface area (TPSA) is 107 Å². The lowest BCUT2D eigenvalue weighted by Crippen LogP contribution is -2.11. The van der Waals surface area contributed by atoms with Crippen molar-refractivity contribution < 1.29 is 19.1 Å². The van der Waals surface area contributed by atoms with Crippen LogP contribution in [-0.2, 0) is 22.4 Å². The van der Waals surface area contributed by atoms with E-state index in [0.29, 0.717) is 29.7 Å². The Bertz CT molecular complexity index is 1100. The Labute approximate surface area is 180 Å². The predicted octanol–water partition coefficient (Wildman–Crippen LogP) is 3.37. The molecule has 0 radical (unpaired) electrons. The monoisotopic (exact) mass is 419 g/mol. The van der Waals surface area contributed by atoms with E-state index in [4.69, 9.17) is 20.6 Å². The summed E-state index contributed by atoms with van der Waals surface area (Å²) >= 11 is 0. The highest BCUT2D eigenvalue weighted by molar-refractivity contribution is 5.95. The molecule has 3 aromatic rings. The van der Waals surface area contributed by atoms with Crippen molar-refractivity contribution in [2.75, 3.05) is 13.7 Å². The molecule has 1 heterocycles. The number of carbonyl (C=O) groups excluding carboxylic acids is 2. The molecule has 7 nitrogen and oxygen atoms in total. The average molecular weight is 419 g/mol. The minimum Gasteiger partial charge on any atom is -0.465 e. The molecule has 0 spiro atoms. The van der Waals surface area contributed by atoms with Crippen LogP contribution in [0.4, 0.5) is 0 Å². The van der Waals surface area contributed by atoms with Gasteiger partial charge in [0, 0.05) is 24.5 Å². The molecule has 0 saturated heterocycles. The second-order valence-corrected chi connectivity index (χ2v) is 7.07. The Morgan fingerprint density at radius 1 is 1.00 bits per heavy atom. The van der Waals surface area contributed by atoms with Gasteiger partial charge in [0.15, 0.2) is 0 Å². The fraction of sp³-hybridized carbons (Fsp3) is 0.208. The van der Waals surface area contributed by atoms with E-state index in [-0.39, 0.29) is 18.4 Å². The highest BCUT2D eigenvalue weighted by Crippen LogP contribution is 2.19. The highest BCUT2D eigenvalue weighted by atomic mass is 16.5. The maximum Gasteiger partial charge on any atom is 0.339 e. The van der Waals surface area contributed by atoms with Crippen molar-refractivity contribution in [3.63, 3.8) is 0 Å². The summed E-state index contributed by atoms with van der Waals surface area (Å²) in [6.07, 6.45) is 4.20. The number of hydrogen-bond acceptors (Lipinski definition) is 5. The van der Waals surface area contributed by atoms with Crippen molar-refractivity contribution in [3.8, 4) is 0 Å². The summed E-state index contributed by atoms with van der Waals surface area (Å²) < 4.78 is 11.9. The lowest BCUT2D eigenvalue weighted by molar-refractivity contribution is 0.0524. The molecule has 31 heavy (non-hydrogen) atoms. The van der Waals surface area contributed by atoms with Gasteiger partial charge < -0.3 is 19.8 Å². The number of hydrogen-bond donors (Lipinski definition) is 2. The molecule has 1 aromatic heterocycles. The van der Waals surface area contributed by atoms with E-state index in [9.17, 15) is 9.59 Å². The van der Waals surface area contributed by atoms with Gasteiger partial charge in [-0.1, -0.05) is 30.3 Å². The van der Waals surface area contributed by atoms with Crippen LogP contribution in [0.25, 0.3) is 0 Å². The first-order valence-electron chi connectivity index (χ1n) is 9.87. The fourth-order valence-corrected chi connectivity index (χ4v) is 3.32. The number of nitrogens with zero attached hydrogens (tertiary/aromatic N) is 1. The number of nitrogens with two attached hydrogens (primary N) is 1. The number of benzene rings is 2. The summed E-state index contributed by atoms with van der Waals surface area (Å²) in [6, 6.07) is 14.5. The summed E-state index contributed by atoms with van der Waals surface area (Å²) in [5.41, 5.74) is 9.96. The van der Waals surface area contributed by atoms with Gasteiger partial charge in [-0.25, -0.2) is 9.59 Å². The number of nitrogens with one attached hydrogen (secondary N) is 1. The van der Waals surface area contributed by atoms with Crippen molar-refractivity contribution in [1.29, 1.82) is 5.41 Å². The predicted molar refractivity (Wildman–Crippen MR) is 118 cm³/mol. The highest BCUT2D eigenvalue weighted by Gasteiger charge is 2.17. The number of rotatable bonds is 8. The molecule has 3 N–H and O–H groups in total. The first-order valence-corrected chi connectivity index (χ1v) is 9.87. The molecule has 3 rings (SSSR count). The quantitative estimate of drug-likeness (QED) is 0.331. The van der Waals surface area contributed by atoms with Crippen molar-refractivity contribution in [2.24, 2.45) is 5.73 Å². The van der Waals surface area contributed by atoms with Crippen molar-refractivity contribution in [1.82, 2.24) is 4.57 Å². The van der Waals surface area contributed by atoms with Gasteiger partial charge in [0.1, 0.15) is 5.84 Å². The Morgan fingerprint density at radius 2 is 1.74 bits per heavy atom. The van der Waals surface area contributed by atoms with Crippen molar-refractivity contribution in [3.05, 3.63) is 94.3 Å². The third-order valence-corrected chi connectivity index (χ3v) is 4.83. The molecule has 0 atom stereocenters. The molecular formula is C24H25N3O4. The summed E-state index contributed by atoms with van der Waals surface area (Å²) in [5.74, 6) is -0.754. The summed E-state index contributed by atoms with van der Waals surface area (Å²) in [6.45, 7) is 2.58. The Balaban J connectivity index is 1.87. The molecule has 7 heteroatoms. The summed E-state index contributed by atoms with van der Waals surface area (Å²) in [5, 5.41) is 7.61. The van der Waals surface area contributed by atoms with Gasteiger partial charge in [0.05, 0.1) is 24.8 Å². The molecule has 0 saturated carbocycles. The molecule has 0 aliphatic rings. The van der Waals surface area contributed by atoms with Crippen LogP contribution >= 0.6 is 0 Å². The van der Waals surface area contributed by atoms with E-state index in [1.165, 1.54) is 7.11 Å². The van der Waals surface area contributed by atoms with Crippen LogP contribution in [0.1, 0.15) is 49.9 Å². The van der Waals surface area contributed by atoms with Crippen LogP contribution in [0.3, 0.4) is 0 Å². The van der Waals surface area contributed by atoms with E-state index in [1.807, 2.05) is 41.1 Å². The first kappa shape index (κ1) is 21.8. The molecule has 0 bridgehead atoms. The summed E-state index contributed by atoms with van der Waals surface area (Å²) in [7, 11) is 1.34. The van der Waals surface area contributed by atoms with Crippen molar-refractivity contribution in [2.45, 2.75) is 19.9 Å². The van der Waals surface area contributed by atoms with Crippen LogP contribution in [0, 0.1) is 5.41 Å². The van der Waals surface area contributed by atoms with Gasteiger partial charge in [-0.05, 0) is 48.2 Å². The van der Waals surface area contributed by atoms with Gasteiger partial charge in [-0.3, -0.25) is 5.41 Å². The first-order chi connectivity index (χ1) is 14.9. The number of ether oxygens (including phenoxy) is 2. The van der Waals surface area contributed by atoms with E-state index in [1.54, 1.807) is 31.3 Å². The molecule has 0 unspecified atom stereocenters. The minimum absolute atomic E-state index is 0.0117. The van der Waals surface area contributed by atoms with Crippen LogP contribution in [-0.4, -0.2) is 36.1 Å². The van der Waals surface area contributed by atoms with E-state index >= 15 is 0 Å². The number of aromatic nitrogens is 1. The average Bonchev–Trinajstić information content (AvgIpc) is 3.16. The largest absolute Gasteiger partial charge is 0.465 e. The number of esters is 2. The Hall–Kier alpha value is -3.87. The molecular weight excluding hydrogens is 394 g/mol. The lowest BCUT2D eigenvalue weighted by atomic mass is 10.0. The number of carbonyl (C=O) groups is 2. The van der Waals surface area contributed by atoms with Gasteiger partial charge in [0.25, 0.3) is 0 Å². The Kier molecular flexibility index (Phi) is 6.87. The van der Waals surface area contributed by atoms with E-state index < -0.39 is 5.97 Å². The maximum atomic E-state index is 12.5. The molecule has 160 valence electrons. The second kappa shape index (κ2) is 9.75. The smallest absolute Gasteiger partial charge is 0.339 e. The standard InChI is InChI=1S/C24H25N3O4/c1-3-31-24(29)21-15-27(13-17-5-4-6-19(12-17)22(25)26)14-20(21)11-16-7-9-18(10-8-16)23(28)30-2/h4-10,12,14-15H,3,11,13H2,1-2H3,(H3,25,26). The van der Waals surface area contributed by atoms with E-state index in [2.05, 4.69) is 0 Å². The normalized spacial score (nSPS) is 10.5. The van der Waals surface area contributed by atoms with Gasteiger partial charge in [0.2, 0.25) is 0 Å². The molecule has 2 aromatic carbocycles. The van der Waals surface area contributed by atoms with Crippen LogP contribution in [0.5, 0.6) is 0 Å². The fourth-order valence-electron chi connectivity index (χ4n) is 3.32. The zero-order chi connectivity index (χ0) is 22.4. The molecule has 0 aliphatic carbocycles. The molecule has 0 fully saturated rings. The Morgan fingerprint density at radius 3 is 2.39 bits per heavy atom. The maximum absolute atomic E-state index is 12.5. The number of methoxy groups -OCH3 is 1. The third kappa shape index (κ3) is 5.39. The van der Waals surface area contributed by atoms with Crippen LogP contribution < -0.4 is 5.73 Å². The summed E-state index contributed by atoms with van der Waals surface area (Å²) in [4.78, 5) is 24.1. The van der Waals surface area contributed by atoms with Gasteiger partial charge in [-0.15, -0.1) is 0 Å². The van der Waals surface area contributed by atoms with Gasteiger partial charge in [-0.2, -0.15) is 0 Å². The molecule has 0 aliphatic heterocycles. The minimum atomic E-state index is -0.391. The third-order valence-electron chi connectivity index (χ3n) is 4.83. The van der Waals surface area contributed by atoms with Crippen LogP contribution in [0.15, 0.2) is 60.9 Å². The number of nitrogen functional groups attached to an aromatic ring is 1. The second-order valence-electron chi connectivity index (χ2n) is 7.07. The van der Waals surface area contributed by atoms with Gasteiger partial charge >= 0.3 is 11.9 Å². The van der Waals surface area contributed by atoms with E-state index in [0.717, 1.165) is 16.7 Å². The zero-order valence-electron chi connectivity index (χ0n) is 17.6. The SMILES string of the molecule is CCOC(=O)c1cn(Cc2cccc(C(=N)N)c2)cc1Cc1ccc(C(=O)OC)cc1.